The van der Waals surface area contributed by atoms with Crippen LogP contribution in [0.2, 0.25) is 0 Å². The van der Waals surface area contributed by atoms with Gasteiger partial charge in [0.05, 0.1) is 7.11 Å². The van der Waals surface area contributed by atoms with Crippen LogP contribution in [0.1, 0.15) is 31.4 Å². The molecule has 0 fully saturated rings. The van der Waals surface area contributed by atoms with Gasteiger partial charge in [-0.3, -0.25) is 0 Å². The Morgan fingerprint density at radius 1 is 1.12 bits per heavy atom. The zero-order chi connectivity index (χ0) is 12.0. The number of aryl methyl sites for hydroxylation is 1. The van der Waals surface area contributed by atoms with E-state index in [-0.39, 0.29) is 0 Å². The van der Waals surface area contributed by atoms with E-state index < -0.39 is 0 Å². The Balaban J connectivity index is 2.32. The maximum atomic E-state index is 5.29. The number of rotatable bonds is 1. The van der Waals surface area contributed by atoms with Crippen molar-refractivity contribution in [1.29, 1.82) is 0 Å². The Morgan fingerprint density at radius 3 is 2.71 bits per heavy atom. The first-order chi connectivity index (χ1) is 8.12. The molecule has 0 atom stereocenters. The summed E-state index contributed by atoms with van der Waals surface area (Å²) < 4.78 is 5.29. The molecule has 17 heavy (non-hydrogen) atoms. The van der Waals surface area contributed by atoms with Gasteiger partial charge < -0.3 is 4.74 Å². The molecule has 0 bridgehead atoms. The number of benzene rings is 2. The van der Waals surface area contributed by atoms with Gasteiger partial charge in [0.15, 0.2) is 0 Å². The molecular formula is C16H18O. The molecule has 0 unspecified atom stereocenters. The third-order valence-electron chi connectivity index (χ3n) is 4.01. The average molecular weight is 226 g/mol. The van der Waals surface area contributed by atoms with Crippen molar-refractivity contribution >= 4 is 10.8 Å². The summed E-state index contributed by atoms with van der Waals surface area (Å²) >= 11 is 0. The molecule has 0 amide bonds. The Kier molecular flexibility index (Phi) is 2.19. The molecule has 2 aromatic carbocycles. The molecule has 1 aliphatic carbocycles. The first-order valence-electron chi connectivity index (χ1n) is 6.22. The second-order valence-electron chi connectivity index (χ2n) is 5.57. The van der Waals surface area contributed by atoms with Crippen molar-refractivity contribution in [3.05, 3.63) is 41.5 Å². The van der Waals surface area contributed by atoms with Crippen LogP contribution in [0.15, 0.2) is 30.3 Å². The van der Waals surface area contributed by atoms with Crippen LogP contribution in [-0.2, 0) is 11.8 Å². The Bertz CT molecular complexity index is 581. The Hall–Kier alpha value is -1.50. The topological polar surface area (TPSA) is 9.23 Å². The first kappa shape index (κ1) is 10.6. The van der Waals surface area contributed by atoms with Crippen molar-refractivity contribution in [2.24, 2.45) is 0 Å². The van der Waals surface area contributed by atoms with E-state index in [1.807, 2.05) is 0 Å². The van der Waals surface area contributed by atoms with E-state index >= 15 is 0 Å². The lowest BCUT2D eigenvalue weighted by molar-refractivity contribution is 0.415. The third-order valence-corrected chi connectivity index (χ3v) is 4.01. The molecule has 0 radical (unpaired) electrons. The summed E-state index contributed by atoms with van der Waals surface area (Å²) in [5.74, 6) is 0.938. The van der Waals surface area contributed by atoms with E-state index in [4.69, 9.17) is 4.74 Å². The van der Waals surface area contributed by atoms with Crippen LogP contribution in [0, 0.1) is 0 Å². The number of hydrogen-bond acceptors (Lipinski definition) is 1. The van der Waals surface area contributed by atoms with E-state index in [1.54, 1.807) is 7.11 Å². The van der Waals surface area contributed by atoms with Crippen LogP contribution in [0.25, 0.3) is 10.8 Å². The molecule has 0 aliphatic heterocycles. The van der Waals surface area contributed by atoms with Gasteiger partial charge in [-0.25, -0.2) is 0 Å². The zero-order valence-corrected chi connectivity index (χ0v) is 10.7. The van der Waals surface area contributed by atoms with Gasteiger partial charge in [-0.15, -0.1) is 0 Å². The predicted octanol–water partition coefficient (Wildman–Crippen LogP) is 4.07. The summed E-state index contributed by atoms with van der Waals surface area (Å²) in [7, 11) is 1.72. The minimum atomic E-state index is 0.309. The van der Waals surface area contributed by atoms with Crippen molar-refractivity contribution in [3.8, 4) is 5.75 Å². The summed E-state index contributed by atoms with van der Waals surface area (Å²) in [6.45, 7) is 4.70. The third kappa shape index (κ3) is 1.53. The van der Waals surface area contributed by atoms with E-state index in [0.29, 0.717) is 5.41 Å². The molecule has 0 saturated carbocycles. The molecule has 0 heterocycles. The normalized spacial score (nSPS) is 17.1. The second-order valence-corrected chi connectivity index (χ2v) is 5.57. The van der Waals surface area contributed by atoms with Gasteiger partial charge in [-0.1, -0.05) is 32.0 Å². The fraction of sp³-hybridized carbons (Fsp3) is 0.375. The SMILES string of the molecule is COc1ccc2c3c(ccc2c1)CCC3(C)C. The molecule has 1 heteroatoms. The summed E-state index contributed by atoms with van der Waals surface area (Å²) in [6.07, 6.45) is 2.47. The standard InChI is InChI=1S/C16H18O/c1-16(2)9-8-11-4-5-12-10-13(17-3)6-7-14(12)15(11)16/h4-7,10H,8-9H2,1-3H3. The maximum Gasteiger partial charge on any atom is 0.119 e. The van der Waals surface area contributed by atoms with Gasteiger partial charge in [0.1, 0.15) is 5.75 Å². The Morgan fingerprint density at radius 2 is 1.94 bits per heavy atom. The van der Waals surface area contributed by atoms with E-state index in [0.717, 1.165) is 5.75 Å². The largest absolute Gasteiger partial charge is 0.497 e. The quantitative estimate of drug-likeness (QED) is 0.712. The van der Waals surface area contributed by atoms with Gasteiger partial charge in [0.2, 0.25) is 0 Å². The highest BCUT2D eigenvalue weighted by molar-refractivity contribution is 5.89. The average Bonchev–Trinajstić information content (AvgIpc) is 2.65. The van der Waals surface area contributed by atoms with Gasteiger partial charge in [-0.2, -0.15) is 0 Å². The van der Waals surface area contributed by atoms with Gasteiger partial charge in [0.25, 0.3) is 0 Å². The molecule has 2 aromatic rings. The van der Waals surface area contributed by atoms with Crippen molar-refractivity contribution in [1.82, 2.24) is 0 Å². The van der Waals surface area contributed by atoms with Crippen LogP contribution >= 0.6 is 0 Å². The minimum Gasteiger partial charge on any atom is -0.497 e. The fourth-order valence-electron chi connectivity index (χ4n) is 3.06. The molecule has 0 saturated heterocycles. The zero-order valence-electron chi connectivity index (χ0n) is 10.7. The fourth-order valence-corrected chi connectivity index (χ4v) is 3.06. The van der Waals surface area contributed by atoms with Crippen LogP contribution in [0.5, 0.6) is 5.75 Å². The highest BCUT2D eigenvalue weighted by Crippen LogP contribution is 2.42. The molecule has 0 aromatic heterocycles. The highest BCUT2D eigenvalue weighted by atomic mass is 16.5. The molecule has 0 N–H and O–H groups in total. The van der Waals surface area contributed by atoms with E-state index in [2.05, 4.69) is 44.2 Å². The van der Waals surface area contributed by atoms with Crippen LogP contribution in [0.4, 0.5) is 0 Å². The number of fused-ring (bicyclic) bond motifs is 3. The summed E-state index contributed by atoms with van der Waals surface area (Å²) in [4.78, 5) is 0. The van der Waals surface area contributed by atoms with Crippen LogP contribution in [0.3, 0.4) is 0 Å². The lowest BCUT2D eigenvalue weighted by atomic mass is 9.83. The first-order valence-corrected chi connectivity index (χ1v) is 6.22. The van der Waals surface area contributed by atoms with Gasteiger partial charge in [0, 0.05) is 0 Å². The minimum absolute atomic E-state index is 0.309. The number of methoxy groups -OCH3 is 1. The van der Waals surface area contributed by atoms with Gasteiger partial charge in [-0.05, 0) is 52.3 Å². The highest BCUT2D eigenvalue weighted by Gasteiger charge is 2.31. The van der Waals surface area contributed by atoms with E-state index in [9.17, 15) is 0 Å². The van der Waals surface area contributed by atoms with Crippen molar-refractivity contribution in [2.75, 3.05) is 7.11 Å². The van der Waals surface area contributed by atoms with Crippen LogP contribution in [-0.4, -0.2) is 7.11 Å². The van der Waals surface area contributed by atoms with E-state index in [1.165, 1.54) is 34.7 Å². The lowest BCUT2D eigenvalue weighted by Crippen LogP contribution is -2.12. The van der Waals surface area contributed by atoms with Crippen molar-refractivity contribution < 1.29 is 4.74 Å². The second kappa shape index (κ2) is 3.49. The summed E-state index contributed by atoms with van der Waals surface area (Å²) in [5, 5.41) is 2.68. The molecule has 1 nitrogen and oxygen atoms in total. The van der Waals surface area contributed by atoms with Crippen molar-refractivity contribution in [3.63, 3.8) is 0 Å². The smallest absolute Gasteiger partial charge is 0.119 e. The summed E-state index contributed by atoms with van der Waals surface area (Å²) in [5.41, 5.74) is 3.37. The molecule has 3 rings (SSSR count). The monoisotopic (exact) mass is 226 g/mol. The predicted molar refractivity (Wildman–Crippen MR) is 71.8 cm³/mol. The lowest BCUT2D eigenvalue weighted by Gasteiger charge is -2.21. The Labute approximate surface area is 102 Å². The molecule has 1 aliphatic rings. The summed E-state index contributed by atoms with van der Waals surface area (Å²) in [6, 6.07) is 10.9. The van der Waals surface area contributed by atoms with Crippen LogP contribution < -0.4 is 4.74 Å². The molecular weight excluding hydrogens is 208 g/mol. The number of ether oxygens (including phenoxy) is 1. The number of hydrogen-bond donors (Lipinski definition) is 0. The molecule has 88 valence electrons. The van der Waals surface area contributed by atoms with Gasteiger partial charge >= 0.3 is 0 Å². The van der Waals surface area contributed by atoms with Crippen molar-refractivity contribution in [2.45, 2.75) is 32.1 Å². The maximum absolute atomic E-state index is 5.29. The molecule has 0 spiro atoms.